The molecule has 0 aliphatic heterocycles. The van der Waals surface area contributed by atoms with E-state index in [1.54, 1.807) is 6.07 Å². The third-order valence-electron chi connectivity index (χ3n) is 3.91. The van der Waals surface area contributed by atoms with E-state index in [2.05, 4.69) is 0 Å². The number of aliphatic hydroxyl groups is 2. The molecular weight excluding hydrogens is 354 g/mol. The van der Waals surface area contributed by atoms with Crippen LogP contribution in [0.2, 0.25) is 0 Å². The highest BCUT2D eigenvalue weighted by molar-refractivity contribution is 5.55. The Hall–Kier alpha value is -2.26. The number of alkyl halides is 6. The molecule has 134 valence electrons. The molecule has 9 heteroatoms. The molecule has 25 heavy (non-hydrogen) atoms. The molecule has 0 bridgehead atoms. The summed E-state index contributed by atoms with van der Waals surface area (Å²) in [5.41, 5.74) is -4.66. The summed E-state index contributed by atoms with van der Waals surface area (Å²) in [6.07, 6.45) is -3.57. The van der Waals surface area contributed by atoms with E-state index in [0.717, 1.165) is 0 Å². The summed E-state index contributed by atoms with van der Waals surface area (Å²) in [5, 5.41) is 19.1. The minimum Gasteiger partial charge on any atom is -0.457 e. The smallest absolute Gasteiger partial charge is 0.371 e. The van der Waals surface area contributed by atoms with Crippen molar-refractivity contribution in [1.82, 2.24) is 0 Å². The monoisotopic (exact) mass is 364 g/mol. The summed E-state index contributed by atoms with van der Waals surface area (Å²) < 4.78 is 87.2. The van der Waals surface area contributed by atoms with Crippen LogP contribution in [0.3, 0.4) is 0 Å². The van der Waals surface area contributed by atoms with Crippen molar-refractivity contribution in [2.75, 3.05) is 0 Å². The normalized spacial score (nSPS) is 19.7. The second-order valence-corrected chi connectivity index (χ2v) is 5.44. The van der Waals surface area contributed by atoms with Gasteiger partial charge in [-0.15, -0.1) is 0 Å². The fourth-order valence-electron chi connectivity index (χ4n) is 2.70. The maximum atomic E-state index is 13.9. The highest BCUT2D eigenvalue weighted by Gasteiger charge is 2.77. The predicted octanol–water partition coefficient (Wildman–Crippen LogP) is 4.29. The van der Waals surface area contributed by atoms with Crippen LogP contribution in [0.1, 0.15) is 23.1 Å². The summed E-state index contributed by atoms with van der Waals surface area (Å²) in [6.45, 7) is 0. The zero-order valence-corrected chi connectivity index (χ0v) is 12.2. The van der Waals surface area contributed by atoms with E-state index >= 15 is 0 Å². The Kier molecular flexibility index (Phi) is 3.77. The van der Waals surface area contributed by atoms with Crippen molar-refractivity contribution in [3.05, 3.63) is 59.2 Å². The molecule has 1 aliphatic carbocycles. The first kappa shape index (κ1) is 17.6. The summed E-state index contributed by atoms with van der Waals surface area (Å²) in [6, 6.07) is 8.38. The minimum absolute atomic E-state index is 0.0300. The summed E-state index contributed by atoms with van der Waals surface area (Å²) in [4.78, 5) is 0. The number of benzene rings is 2. The Morgan fingerprint density at radius 3 is 2.04 bits per heavy atom. The fourth-order valence-corrected chi connectivity index (χ4v) is 2.70. The molecule has 0 radical (unpaired) electrons. The van der Waals surface area contributed by atoms with Crippen LogP contribution >= 0.6 is 0 Å². The molecular formula is C16H10F6O3. The van der Waals surface area contributed by atoms with Crippen molar-refractivity contribution in [3.8, 4) is 11.5 Å². The Labute approximate surface area is 137 Å². The molecule has 0 unspecified atom stereocenters. The lowest BCUT2D eigenvalue weighted by Gasteiger charge is -2.28. The van der Waals surface area contributed by atoms with E-state index in [4.69, 9.17) is 4.74 Å². The molecule has 0 amide bonds. The van der Waals surface area contributed by atoms with Gasteiger partial charge in [-0.2, -0.15) is 17.6 Å². The van der Waals surface area contributed by atoms with Crippen LogP contribution < -0.4 is 4.74 Å². The van der Waals surface area contributed by atoms with E-state index < -0.39 is 46.5 Å². The third-order valence-corrected chi connectivity index (χ3v) is 3.91. The number of hydrogen-bond donors (Lipinski definition) is 2. The predicted molar refractivity (Wildman–Crippen MR) is 72.9 cm³/mol. The number of para-hydroxylation sites is 1. The van der Waals surface area contributed by atoms with Crippen molar-refractivity contribution in [2.45, 2.75) is 24.1 Å². The molecule has 3 rings (SSSR count). The SMILES string of the molecule is OC1(O)c2c(ccc(Oc3ccccc3)c2C(F)F)C(F)(F)C1(F)F. The Balaban J connectivity index is 2.25. The van der Waals surface area contributed by atoms with Gasteiger partial charge in [0.15, 0.2) is 0 Å². The van der Waals surface area contributed by atoms with Crippen molar-refractivity contribution < 1.29 is 41.3 Å². The minimum atomic E-state index is -5.39. The summed E-state index contributed by atoms with van der Waals surface area (Å²) in [7, 11) is 0. The van der Waals surface area contributed by atoms with Gasteiger partial charge in [0, 0.05) is 11.1 Å². The number of fused-ring (bicyclic) bond motifs is 1. The summed E-state index contributed by atoms with van der Waals surface area (Å²) in [5.74, 6) is -15.6. The lowest BCUT2D eigenvalue weighted by molar-refractivity contribution is -0.358. The van der Waals surface area contributed by atoms with Gasteiger partial charge in [-0.05, 0) is 24.3 Å². The van der Waals surface area contributed by atoms with Crippen molar-refractivity contribution in [2.24, 2.45) is 0 Å². The first-order valence-corrected chi connectivity index (χ1v) is 6.91. The molecule has 0 aromatic heterocycles. The molecule has 0 atom stereocenters. The van der Waals surface area contributed by atoms with Crippen LogP contribution in [0.15, 0.2) is 42.5 Å². The van der Waals surface area contributed by atoms with Gasteiger partial charge in [-0.3, -0.25) is 0 Å². The van der Waals surface area contributed by atoms with E-state index in [-0.39, 0.29) is 5.75 Å². The van der Waals surface area contributed by atoms with Crippen molar-refractivity contribution in [1.29, 1.82) is 0 Å². The Bertz CT molecular complexity index is 805. The molecule has 2 N–H and O–H groups in total. The molecule has 0 spiro atoms. The average Bonchev–Trinajstić information content (AvgIpc) is 2.64. The Morgan fingerprint density at radius 1 is 0.880 bits per heavy atom. The molecule has 1 aliphatic rings. The number of hydrogen-bond acceptors (Lipinski definition) is 3. The van der Waals surface area contributed by atoms with Crippen LogP contribution in [0.4, 0.5) is 26.3 Å². The number of halogens is 6. The van der Waals surface area contributed by atoms with Gasteiger partial charge in [0.1, 0.15) is 11.5 Å². The molecule has 3 nitrogen and oxygen atoms in total. The van der Waals surface area contributed by atoms with Crippen LogP contribution in [-0.2, 0) is 11.7 Å². The maximum Gasteiger partial charge on any atom is 0.371 e. The molecule has 0 heterocycles. The lowest BCUT2D eigenvalue weighted by Crippen LogP contribution is -2.49. The van der Waals surface area contributed by atoms with E-state index in [1.165, 1.54) is 24.3 Å². The Morgan fingerprint density at radius 2 is 1.48 bits per heavy atom. The van der Waals surface area contributed by atoms with Gasteiger partial charge in [0.25, 0.3) is 12.2 Å². The van der Waals surface area contributed by atoms with Crippen LogP contribution in [0.25, 0.3) is 0 Å². The van der Waals surface area contributed by atoms with Gasteiger partial charge in [0.05, 0.1) is 5.56 Å². The highest BCUT2D eigenvalue weighted by atomic mass is 19.3. The first-order chi connectivity index (χ1) is 11.5. The zero-order chi connectivity index (χ0) is 18.6. The lowest BCUT2D eigenvalue weighted by atomic mass is 9.98. The number of rotatable bonds is 3. The molecule has 0 saturated carbocycles. The van der Waals surface area contributed by atoms with Crippen molar-refractivity contribution >= 4 is 0 Å². The first-order valence-electron chi connectivity index (χ1n) is 6.91. The largest absolute Gasteiger partial charge is 0.457 e. The van der Waals surface area contributed by atoms with Gasteiger partial charge in [-0.1, -0.05) is 18.2 Å². The van der Waals surface area contributed by atoms with Gasteiger partial charge < -0.3 is 14.9 Å². The van der Waals surface area contributed by atoms with Crippen LogP contribution in [-0.4, -0.2) is 16.1 Å². The topological polar surface area (TPSA) is 49.7 Å². The third kappa shape index (κ3) is 2.30. The quantitative estimate of drug-likeness (QED) is 0.631. The van der Waals surface area contributed by atoms with Crippen molar-refractivity contribution in [3.63, 3.8) is 0 Å². The van der Waals surface area contributed by atoms with Gasteiger partial charge >= 0.3 is 11.8 Å². The second-order valence-electron chi connectivity index (χ2n) is 5.44. The zero-order valence-electron chi connectivity index (χ0n) is 12.2. The van der Waals surface area contributed by atoms with Crippen LogP contribution in [0, 0.1) is 0 Å². The average molecular weight is 364 g/mol. The summed E-state index contributed by atoms with van der Waals surface area (Å²) >= 11 is 0. The molecule has 0 saturated heterocycles. The second kappa shape index (κ2) is 5.37. The van der Waals surface area contributed by atoms with E-state index in [1.807, 2.05) is 0 Å². The van der Waals surface area contributed by atoms with Gasteiger partial charge in [0.2, 0.25) is 0 Å². The van der Waals surface area contributed by atoms with Crippen LogP contribution in [0.5, 0.6) is 11.5 Å². The standard InChI is InChI=1S/C16H10F6O3/c17-13(18)11-10(25-8-4-2-1-3-5-8)7-6-9-12(11)15(23,24)16(21,22)14(9,19)20/h1-7,13,23-24H. The van der Waals surface area contributed by atoms with E-state index in [0.29, 0.717) is 12.1 Å². The fraction of sp³-hybridized carbons (Fsp3) is 0.250. The molecule has 2 aromatic rings. The maximum absolute atomic E-state index is 13.9. The van der Waals surface area contributed by atoms with Gasteiger partial charge in [-0.25, -0.2) is 8.78 Å². The number of ether oxygens (including phenoxy) is 1. The highest BCUT2D eigenvalue weighted by Crippen LogP contribution is 2.62. The molecule has 0 fully saturated rings. The van der Waals surface area contributed by atoms with E-state index in [9.17, 15) is 36.6 Å². The molecule has 2 aromatic carbocycles.